The number of nitrogens with zero attached hydrogens (tertiary/aromatic N) is 2. The number of carboxylic acids is 1. The van der Waals surface area contributed by atoms with E-state index in [0.717, 1.165) is 15.5 Å². The second kappa shape index (κ2) is 5.46. The summed E-state index contributed by atoms with van der Waals surface area (Å²) in [4.78, 5) is 23.6. The lowest BCUT2D eigenvalue weighted by Gasteiger charge is -2.28. The van der Waals surface area contributed by atoms with Gasteiger partial charge in [0, 0.05) is 14.1 Å². The molecule has 0 saturated carbocycles. The standard InChI is InChI=1S/C9H18N2O5S/c1-6(11(4)17(5,15)16)8(12)10(3)7(2)9(13)14/h6-7H,1-5H3,(H,13,14). The van der Waals surface area contributed by atoms with Gasteiger partial charge in [-0.25, -0.2) is 13.2 Å². The molecule has 0 aromatic carbocycles. The molecule has 0 aromatic rings. The molecule has 0 fully saturated rings. The topological polar surface area (TPSA) is 95.0 Å². The predicted molar refractivity (Wildman–Crippen MR) is 61.9 cm³/mol. The molecule has 7 nitrogen and oxygen atoms in total. The molecule has 1 N–H and O–H groups in total. The molecule has 0 saturated heterocycles. The summed E-state index contributed by atoms with van der Waals surface area (Å²) < 4.78 is 23.4. The van der Waals surface area contributed by atoms with Gasteiger partial charge in [-0.3, -0.25) is 4.79 Å². The molecule has 2 unspecified atom stereocenters. The highest BCUT2D eigenvalue weighted by atomic mass is 32.2. The molecule has 0 aromatic heterocycles. The third kappa shape index (κ3) is 3.97. The van der Waals surface area contributed by atoms with Crippen molar-refractivity contribution in [3.8, 4) is 0 Å². The van der Waals surface area contributed by atoms with E-state index in [1.165, 1.54) is 27.9 Å². The van der Waals surface area contributed by atoms with Crippen LogP contribution in [0.15, 0.2) is 0 Å². The largest absolute Gasteiger partial charge is 0.480 e. The van der Waals surface area contributed by atoms with Crippen LogP contribution in [0.4, 0.5) is 0 Å². The second-order valence-electron chi connectivity index (χ2n) is 3.92. The summed E-state index contributed by atoms with van der Waals surface area (Å²) in [7, 11) is -0.886. The molecular formula is C9H18N2O5S. The van der Waals surface area contributed by atoms with Gasteiger partial charge in [-0.1, -0.05) is 0 Å². The summed E-state index contributed by atoms with van der Waals surface area (Å²) in [5.74, 6) is -1.71. The van der Waals surface area contributed by atoms with Gasteiger partial charge in [0.05, 0.1) is 6.26 Å². The van der Waals surface area contributed by atoms with Crippen LogP contribution in [0.2, 0.25) is 0 Å². The van der Waals surface area contributed by atoms with E-state index in [9.17, 15) is 18.0 Å². The molecule has 0 rings (SSSR count). The van der Waals surface area contributed by atoms with Crippen LogP contribution >= 0.6 is 0 Å². The number of hydrogen-bond donors (Lipinski definition) is 1. The van der Waals surface area contributed by atoms with Crippen LogP contribution < -0.4 is 0 Å². The SMILES string of the molecule is CC(C(=O)O)N(C)C(=O)C(C)N(C)S(C)(=O)=O. The first kappa shape index (κ1) is 15.9. The molecule has 2 atom stereocenters. The fraction of sp³-hybridized carbons (Fsp3) is 0.778. The molecule has 0 bridgehead atoms. The monoisotopic (exact) mass is 266 g/mol. The van der Waals surface area contributed by atoms with E-state index in [0.29, 0.717) is 0 Å². The molecule has 0 spiro atoms. The Kier molecular flexibility index (Phi) is 5.09. The van der Waals surface area contributed by atoms with E-state index in [-0.39, 0.29) is 0 Å². The van der Waals surface area contributed by atoms with Crippen LogP contribution in [0.1, 0.15) is 13.8 Å². The van der Waals surface area contributed by atoms with Gasteiger partial charge >= 0.3 is 5.97 Å². The van der Waals surface area contributed by atoms with Crippen molar-refractivity contribution in [3.05, 3.63) is 0 Å². The predicted octanol–water partition coefficient (Wildman–Crippen LogP) is -0.802. The van der Waals surface area contributed by atoms with Crippen LogP contribution in [0.3, 0.4) is 0 Å². The van der Waals surface area contributed by atoms with Crippen LogP contribution in [-0.4, -0.2) is 67.0 Å². The van der Waals surface area contributed by atoms with E-state index in [1.54, 1.807) is 0 Å². The Bertz CT molecular complexity index is 406. The highest BCUT2D eigenvalue weighted by Gasteiger charge is 2.30. The van der Waals surface area contributed by atoms with Crippen LogP contribution in [0, 0.1) is 0 Å². The zero-order valence-electron chi connectivity index (χ0n) is 10.5. The first-order valence-corrected chi connectivity index (χ1v) is 6.77. The minimum Gasteiger partial charge on any atom is -0.480 e. The van der Waals surface area contributed by atoms with Gasteiger partial charge in [0.25, 0.3) is 0 Å². The summed E-state index contributed by atoms with van der Waals surface area (Å²) in [6, 6.07) is -1.94. The molecule has 17 heavy (non-hydrogen) atoms. The lowest BCUT2D eigenvalue weighted by Crippen LogP contribution is -2.50. The molecule has 0 heterocycles. The van der Waals surface area contributed by atoms with Crippen LogP contribution in [0.5, 0.6) is 0 Å². The lowest BCUT2D eigenvalue weighted by atomic mass is 10.2. The zero-order chi connectivity index (χ0) is 14.0. The maximum atomic E-state index is 11.8. The van der Waals surface area contributed by atoms with Gasteiger partial charge < -0.3 is 10.0 Å². The summed E-state index contributed by atoms with van der Waals surface area (Å²) in [5, 5.41) is 8.76. The van der Waals surface area contributed by atoms with Gasteiger partial charge in [-0.15, -0.1) is 0 Å². The van der Waals surface area contributed by atoms with Crippen molar-refractivity contribution in [3.63, 3.8) is 0 Å². The minimum absolute atomic E-state index is 0.562. The summed E-state index contributed by atoms with van der Waals surface area (Å²) >= 11 is 0. The third-order valence-corrected chi connectivity index (χ3v) is 4.07. The first-order chi connectivity index (χ1) is 7.50. The number of hydrogen-bond acceptors (Lipinski definition) is 4. The summed E-state index contributed by atoms with van der Waals surface area (Å²) in [6.07, 6.45) is 0.984. The fourth-order valence-electron chi connectivity index (χ4n) is 1.09. The molecule has 0 radical (unpaired) electrons. The molecule has 1 amide bonds. The maximum Gasteiger partial charge on any atom is 0.326 e. The molecule has 0 aliphatic rings. The number of amides is 1. The number of carbonyl (C=O) groups excluding carboxylic acids is 1. The Hall–Kier alpha value is -1.15. The number of carboxylic acid groups (broad SMARTS) is 1. The number of rotatable bonds is 5. The summed E-state index contributed by atoms with van der Waals surface area (Å²) in [5.41, 5.74) is 0. The Morgan fingerprint density at radius 3 is 1.82 bits per heavy atom. The van der Waals surface area contributed by atoms with Crippen molar-refractivity contribution < 1.29 is 23.1 Å². The van der Waals surface area contributed by atoms with Gasteiger partial charge in [-0.05, 0) is 13.8 Å². The molecule has 8 heteroatoms. The molecule has 0 aliphatic carbocycles. The molecule has 100 valence electrons. The number of likely N-dealkylation sites (N-methyl/N-ethyl adjacent to an activating group) is 2. The van der Waals surface area contributed by atoms with E-state index >= 15 is 0 Å². The molecule has 0 aliphatic heterocycles. The fourth-order valence-corrected chi connectivity index (χ4v) is 1.76. The van der Waals surface area contributed by atoms with Crippen molar-refractivity contribution >= 4 is 21.9 Å². The van der Waals surface area contributed by atoms with Gasteiger partial charge in [0.2, 0.25) is 15.9 Å². The molecular weight excluding hydrogens is 248 g/mol. The average molecular weight is 266 g/mol. The minimum atomic E-state index is -3.49. The second-order valence-corrected chi connectivity index (χ2v) is 5.96. The quantitative estimate of drug-likeness (QED) is 0.702. The van der Waals surface area contributed by atoms with E-state index in [2.05, 4.69) is 0 Å². The van der Waals surface area contributed by atoms with Crippen molar-refractivity contribution in [2.24, 2.45) is 0 Å². The van der Waals surface area contributed by atoms with Crippen molar-refractivity contribution in [2.45, 2.75) is 25.9 Å². The number of aliphatic carboxylic acids is 1. The van der Waals surface area contributed by atoms with Crippen molar-refractivity contribution in [2.75, 3.05) is 20.4 Å². The van der Waals surface area contributed by atoms with Crippen LogP contribution in [-0.2, 0) is 19.6 Å². The van der Waals surface area contributed by atoms with E-state index in [1.807, 2.05) is 0 Å². The van der Waals surface area contributed by atoms with Gasteiger partial charge in [0.15, 0.2) is 0 Å². The normalized spacial score (nSPS) is 15.4. The summed E-state index contributed by atoms with van der Waals surface area (Å²) in [6.45, 7) is 2.77. The van der Waals surface area contributed by atoms with Crippen molar-refractivity contribution in [1.82, 2.24) is 9.21 Å². The smallest absolute Gasteiger partial charge is 0.326 e. The highest BCUT2D eigenvalue weighted by molar-refractivity contribution is 7.88. The zero-order valence-corrected chi connectivity index (χ0v) is 11.4. The van der Waals surface area contributed by atoms with Gasteiger partial charge in [-0.2, -0.15) is 4.31 Å². The number of carbonyl (C=O) groups is 2. The number of sulfonamides is 1. The highest BCUT2D eigenvalue weighted by Crippen LogP contribution is 2.07. The van der Waals surface area contributed by atoms with Crippen LogP contribution in [0.25, 0.3) is 0 Å². The Morgan fingerprint density at radius 2 is 1.53 bits per heavy atom. The average Bonchev–Trinajstić information content (AvgIpc) is 2.22. The third-order valence-electron chi connectivity index (χ3n) is 2.71. The van der Waals surface area contributed by atoms with Crippen molar-refractivity contribution in [1.29, 1.82) is 0 Å². The maximum absolute atomic E-state index is 11.8. The Labute approximate surface area is 101 Å². The first-order valence-electron chi connectivity index (χ1n) is 4.92. The van der Waals surface area contributed by atoms with E-state index in [4.69, 9.17) is 5.11 Å². The van der Waals surface area contributed by atoms with E-state index < -0.39 is 34.0 Å². The lowest BCUT2D eigenvalue weighted by molar-refractivity contribution is -0.149. The Morgan fingerprint density at radius 1 is 1.12 bits per heavy atom. The Balaban J connectivity index is 4.89. The van der Waals surface area contributed by atoms with Gasteiger partial charge in [0.1, 0.15) is 12.1 Å².